The number of hydrogen-bond donors (Lipinski definition) is 1. The molecule has 1 aliphatic heterocycles. The lowest BCUT2D eigenvalue weighted by atomic mass is 10.1. The van der Waals surface area contributed by atoms with Crippen LogP contribution in [0, 0.1) is 0 Å². The Morgan fingerprint density at radius 1 is 1.32 bits per heavy atom. The Morgan fingerprint density at radius 3 is 2.79 bits per heavy atom. The summed E-state index contributed by atoms with van der Waals surface area (Å²) in [5.74, 6) is 0.767. The molecule has 0 unspecified atom stereocenters. The zero-order chi connectivity index (χ0) is 13.7. The third-order valence-corrected chi connectivity index (χ3v) is 3.01. The maximum Gasteiger partial charge on any atom is 0.303 e. The van der Waals surface area contributed by atoms with Crippen molar-refractivity contribution in [2.45, 2.75) is 26.2 Å². The molecule has 4 nitrogen and oxygen atoms in total. The number of carboxylic acids is 1. The van der Waals surface area contributed by atoms with Gasteiger partial charge in [-0.1, -0.05) is 12.1 Å². The van der Waals surface area contributed by atoms with Gasteiger partial charge in [-0.3, -0.25) is 4.79 Å². The highest BCUT2D eigenvalue weighted by atomic mass is 16.5. The highest BCUT2D eigenvalue weighted by Gasteiger charge is 2.11. The Hall–Kier alpha value is -1.97. The molecule has 2 rings (SSSR count). The first-order chi connectivity index (χ1) is 9.16. The van der Waals surface area contributed by atoms with Crippen LogP contribution in [0.5, 0.6) is 11.5 Å². The Morgan fingerprint density at radius 2 is 2.05 bits per heavy atom. The van der Waals surface area contributed by atoms with Crippen molar-refractivity contribution in [3.05, 3.63) is 29.8 Å². The molecular weight excluding hydrogens is 244 g/mol. The van der Waals surface area contributed by atoms with Crippen LogP contribution in [0.15, 0.2) is 24.3 Å². The molecule has 1 heterocycles. The van der Waals surface area contributed by atoms with Gasteiger partial charge in [0.25, 0.3) is 0 Å². The predicted octanol–water partition coefficient (Wildman–Crippen LogP) is 3.12. The minimum Gasteiger partial charge on any atom is -0.490 e. The fraction of sp³-hybridized carbons (Fsp3) is 0.400. The SMILES string of the molecule is C/C(=C\CCC(=O)O)c1ccc2c(c1)OCCCO2. The Kier molecular flexibility index (Phi) is 4.44. The second kappa shape index (κ2) is 6.27. The number of ether oxygens (including phenoxy) is 2. The first-order valence-corrected chi connectivity index (χ1v) is 6.45. The summed E-state index contributed by atoms with van der Waals surface area (Å²) in [5.41, 5.74) is 2.09. The van der Waals surface area contributed by atoms with Crippen molar-refractivity contribution in [2.24, 2.45) is 0 Å². The van der Waals surface area contributed by atoms with Gasteiger partial charge < -0.3 is 14.6 Å². The molecule has 0 aromatic heterocycles. The van der Waals surface area contributed by atoms with Gasteiger partial charge in [-0.25, -0.2) is 0 Å². The molecule has 4 heteroatoms. The first kappa shape index (κ1) is 13.5. The molecule has 0 radical (unpaired) electrons. The lowest BCUT2D eigenvalue weighted by Gasteiger charge is -2.09. The van der Waals surface area contributed by atoms with Crippen molar-refractivity contribution in [3.63, 3.8) is 0 Å². The molecule has 0 saturated heterocycles. The summed E-state index contributed by atoms with van der Waals surface area (Å²) in [5, 5.41) is 8.62. The maximum atomic E-state index is 10.5. The second-order valence-electron chi connectivity index (χ2n) is 4.53. The number of fused-ring (bicyclic) bond motifs is 1. The average Bonchev–Trinajstić information content (AvgIpc) is 2.62. The molecule has 0 bridgehead atoms. The quantitative estimate of drug-likeness (QED) is 0.905. The molecule has 0 aliphatic carbocycles. The van der Waals surface area contributed by atoms with E-state index >= 15 is 0 Å². The van der Waals surface area contributed by atoms with E-state index in [1.807, 2.05) is 31.2 Å². The largest absolute Gasteiger partial charge is 0.490 e. The molecule has 0 atom stereocenters. The van der Waals surface area contributed by atoms with Crippen molar-refractivity contribution >= 4 is 11.5 Å². The van der Waals surface area contributed by atoms with E-state index in [-0.39, 0.29) is 6.42 Å². The van der Waals surface area contributed by atoms with Crippen LogP contribution in [0.4, 0.5) is 0 Å². The number of allylic oxidation sites excluding steroid dienone is 2. The van der Waals surface area contributed by atoms with E-state index < -0.39 is 5.97 Å². The van der Waals surface area contributed by atoms with Gasteiger partial charge in [0.05, 0.1) is 13.2 Å². The molecule has 0 spiro atoms. The average molecular weight is 262 g/mol. The minimum atomic E-state index is -0.775. The number of carbonyl (C=O) groups is 1. The molecule has 0 fully saturated rings. The summed E-state index contributed by atoms with van der Waals surface area (Å²) in [7, 11) is 0. The standard InChI is InChI=1S/C15H18O4/c1-11(4-2-5-15(16)17)12-6-7-13-14(10-12)19-9-3-8-18-13/h4,6-7,10H,2-3,5,8-9H2,1H3,(H,16,17)/b11-4+. The monoisotopic (exact) mass is 262 g/mol. The van der Waals surface area contributed by atoms with Gasteiger partial charge in [0.1, 0.15) is 0 Å². The number of carboxylic acid groups (broad SMARTS) is 1. The van der Waals surface area contributed by atoms with E-state index in [4.69, 9.17) is 14.6 Å². The van der Waals surface area contributed by atoms with E-state index in [0.29, 0.717) is 19.6 Å². The fourth-order valence-electron chi connectivity index (χ4n) is 1.94. The van der Waals surface area contributed by atoms with Gasteiger partial charge >= 0.3 is 5.97 Å². The van der Waals surface area contributed by atoms with E-state index in [9.17, 15) is 4.79 Å². The zero-order valence-electron chi connectivity index (χ0n) is 11.0. The maximum absolute atomic E-state index is 10.5. The summed E-state index contributed by atoms with van der Waals surface area (Å²) in [6.07, 6.45) is 3.52. The van der Waals surface area contributed by atoms with Crippen LogP contribution in [-0.4, -0.2) is 24.3 Å². The van der Waals surface area contributed by atoms with Crippen molar-refractivity contribution < 1.29 is 19.4 Å². The molecule has 1 N–H and O–H groups in total. The van der Waals surface area contributed by atoms with Crippen LogP contribution in [0.2, 0.25) is 0 Å². The van der Waals surface area contributed by atoms with Crippen LogP contribution < -0.4 is 9.47 Å². The summed E-state index contributed by atoms with van der Waals surface area (Å²) < 4.78 is 11.2. The third-order valence-electron chi connectivity index (χ3n) is 3.01. The van der Waals surface area contributed by atoms with Gasteiger partial charge in [-0.15, -0.1) is 0 Å². The summed E-state index contributed by atoms with van der Waals surface area (Å²) in [6, 6.07) is 5.83. The highest BCUT2D eigenvalue weighted by Crippen LogP contribution is 2.32. The topological polar surface area (TPSA) is 55.8 Å². The highest BCUT2D eigenvalue weighted by molar-refractivity contribution is 5.69. The summed E-state index contributed by atoms with van der Waals surface area (Å²) in [6.45, 7) is 3.32. The normalized spacial score (nSPS) is 14.9. The zero-order valence-corrected chi connectivity index (χ0v) is 11.0. The van der Waals surface area contributed by atoms with Crippen LogP contribution in [0.25, 0.3) is 5.57 Å². The van der Waals surface area contributed by atoms with Crippen molar-refractivity contribution in [3.8, 4) is 11.5 Å². The number of benzene rings is 1. The number of rotatable bonds is 4. The Labute approximate surface area is 112 Å². The molecule has 1 aromatic carbocycles. The van der Waals surface area contributed by atoms with Crippen LogP contribution in [-0.2, 0) is 4.79 Å². The van der Waals surface area contributed by atoms with Crippen molar-refractivity contribution in [1.29, 1.82) is 0 Å². The number of aliphatic carboxylic acids is 1. The molecular formula is C15H18O4. The summed E-state index contributed by atoms with van der Waals surface area (Å²) in [4.78, 5) is 10.5. The van der Waals surface area contributed by atoms with E-state index in [2.05, 4.69) is 0 Å². The molecule has 1 aromatic rings. The smallest absolute Gasteiger partial charge is 0.303 e. The molecule has 0 amide bonds. The lowest BCUT2D eigenvalue weighted by Crippen LogP contribution is -1.97. The van der Waals surface area contributed by atoms with Gasteiger partial charge in [0.2, 0.25) is 0 Å². The molecule has 102 valence electrons. The van der Waals surface area contributed by atoms with Crippen molar-refractivity contribution in [1.82, 2.24) is 0 Å². The molecule has 0 saturated carbocycles. The van der Waals surface area contributed by atoms with Crippen molar-refractivity contribution in [2.75, 3.05) is 13.2 Å². The van der Waals surface area contributed by atoms with Gasteiger partial charge in [-0.2, -0.15) is 0 Å². The lowest BCUT2D eigenvalue weighted by molar-refractivity contribution is -0.136. The van der Waals surface area contributed by atoms with E-state index in [0.717, 1.165) is 29.1 Å². The Bertz CT molecular complexity index is 491. The van der Waals surface area contributed by atoms with E-state index in [1.54, 1.807) is 0 Å². The van der Waals surface area contributed by atoms with Gasteiger partial charge in [-0.05, 0) is 36.6 Å². The first-order valence-electron chi connectivity index (χ1n) is 6.45. The van der Waals surface area contributed by atoms with Crippen LogP contribution >= 0.6 is 0 Å². The van der Waals surface area contributed by atoms with Crippen LogP contribution in [0.3, 0.4) is 0 Å². The van der Waals surface area contributed by atoms with E-state index in [1.165, 1.54) is 0 Å². The number of hydrogen-bond acceptors (Lipinski definition) is 3. The minimum absolute atomic E-state index is 0.155. The molecule has 1 aliphatic rings. The second-order valence-corrected chi connectivity index (χ2v) is 4.53. The molecule has 19 heavy (non-hydrogen) atoms. The summed E-state index contributed by atoms with van der Waals surface area (Å²) >= 11 is 0. The third kappa shape index (κ3) is 3.74. The van der Waals surface area contributed by atoms with Gasteiger partial charge in [0.15, 0.2) is 11.5 Å². The Balaban J connectivity index is 2.12. The fourth-order valence-corrected chi connectivity index (χ4v) is 1.94. The van der Waals surface area contributed by atoms with Gasteiger partial charge in [0, 0.05) is 12.8 Å². The van der Waals surface area contributed by atoms with Crippen LogP contribution in [0.1, 0.15) is 31.7 Å². The predicted molar refractivity (Wildman–Crippen MR) is 72.6 cm³/mol.